The summed E-state index contributed by atoms with van der Waals surface area (Å²) >= 11 is 1.25. The van der Waals surface area contributed by atoms with Gasteiger partial charge in [-0.2, -0.15) is 0 Å². The molecule has 0 aromatic heterocycles. The van der Waals surface area contributed by atoms with Crippen LogP contribution in [0, 0.1) is 6.92 Å². The lowest BCUT2D eigenvalue weighted by Gasteiger charge is -2.05. The normalized spacial score (nSPS) is 17.3. The van der Waals surface area contributed by atoms with Crippen molar-refractivity contribution in [2.45, 2.75) is 6.92 Å². The van der Waals surface area contributed by atoms with Gasteiger partial charge < -0.3 is 15.2 Å². The van der Waals surface area contributed by atoms with Crippen molar-refractivity contribution in [3.8, 4) is 11.5 Å². The highest BCUT2D eigenvalue weighted by Crippen LogP contribution is 2.33. The van der Waals surface area contributed by atoms with Crippen LogP contribution in [-0.2, 0) is 4.79 Å². The summed E-state index contributed by atoms with van der Waals surface area (Å²) in [5.74, 6) is 0.591. The minimum absolute atomic E-state index is 0.158. The van der Waals surface area contributed by atoms with Gasteiger partial charge in [-0.25, -0.2) is 4.99 Å². The average molecular weight is 340 g/mol. The van der Waals surface area contributed by atoms with Crippen LogP contribution in [0.1, 0.15) is 11.1 Å². The van der Waals surface area contributed by atoms with Gasteiger partial charge in [0.25, 0.3) is 5.91 Å². The number of amides is 1. The maximum Gasteiger partial charge on any atom is 0.264 e. The lowest BCUT2D eigenvalue weighted by Crippen LogP contribution is -2.19. The molecule has 1 amide bonds. The average Bonchev–Trinajstić information content (AvgIpc) is 2.87. The Kier molecular flexibility index (Phi) is 4.57. The molecule has 1 fully saturated rings. The fourth-order valence-electron chi connectivity index (χ4n) is 2.24. The van der Waals surface area contributed by atoms with Crippen LogP contribution in [0.2, 0.25) is 0 Å². The van der Waals surface area contributed by atoms with Crippen LogP contribution in [0.15, 0.2) is 52.4 Å². The fourth-order valence-corrected chi connectivity index (χ4v) is 3.08. The van der Waals surface area contributed by atoms with Gasteiger partial charge in [0.1, 0.15) is 17.2 Å². The number of rotatable bonds is 3. The standard InChI is InChI=1S/C18H16N2O3S/c1-11-6-7-15(23-2)14(8-11)19-18-20-17(22)16(24-18)10-12-4-3-5-13(21)9-12/h3-10,21H,1-2H3,(H,19,20,22)/b16-10-. The number of thioether (sulfide) groups is 1. The molecule has 122 valence electrons. The van der Waals surface area contributed by atoms with E-state index in [1.165, 1.54) is 11.8 Å². The van der Waals surface area contributed by atoms with Crippen molar-refractivity contribution in [3.63, 3.8) is 0 Å². The summed E-state index contributed by atoms with van der Waals surface area (Å²) in [7, 11) is 1.59. The molecule has 1 saturated heterocycles. The Hall–Kier alpha value is -2.73. The first-order valence-corrected chi connectivity index (χ1v) is 8.10. The van der Waals surface area contributed by atoms with Crippen molar-refractivity contribution in [1.82, 2.24) is 5.32 Å². The van der Waals surface area contributed by atoms with Gasteiger partial charge in [-0.05, 0) is 60.2 Å². The number of methoxy groups -OCH3 is 1. The van der Waals surface area contributed by atoms with Crippen LogP contribution >= 0.6 is 11.8 Å². The maximum atomic E-state index is 12.1. The molecule has 0 aliphatic carbocycles. The fraction of sp³-hybridized carbons (Fsp3) is 0.111. The number of nitrogens with one attached hydrogen (secondary N) is 1. The van der Waals surface area contributed by atoms with Gasteiger partial charge in [0.15, 0.2) is 5.17 Å². The molecule has 0 spiro atoms. The molecule has 5 nitrogen and oxygen atoms in total. The molecule has 0 radical (unpaired) electrons. The lowest BCUT2D eigenvalue weighted by molar-refractivity contribution is -0.115. The Morgan fingerprint density at radius 1 is 1.25 bits per heavy atom. The van der Waals surface area contributed by atoms with Gasteiger partial charge in [-0.3, -0.25) is 4.79 Å². The largest absolute Gasteiger partial charge is 0.508 e. The van der Waals surface area contributed by atoms with E-state index in [1.807, 2.05) is 31.2 Å². The third-order valence-electron chi connectivity index (χ3n) is 3.38. The van der Waals surface area contributed by atoms with Crippen molar-refractivity contribution >= 4 is 34.6 Å². The highest BCUT2D eigenvalue weighted by Gasteiger charge is 2.24. The Balaban J connectivity index is 1.88. The number of amidine groups is 1. The van der Waals surface area contributed by atoms with Crippen molar-refractivity contribution in [2.24, 2.45) is 4.99 Å². The molecule has 0 saturated carbocycles. The number of nitrogens with zero attached hydrogens (tertiary/aromatic N) is 1. The van der Waals surface area contributed by atoms with E-state index in [-0.39, 0.29) is 11.7 Å². The van der Waals surface area contributed by atoms with Gasteiger partial charge in [-0.15, -0.1) is 0 Å². The Morgan fingerprint density at radius 3 is 2.83 bits per heavy atom. The summed E-state index contributed by atoms with van der Waals surface area (Å²) in [6.07, 6.45) is 1.72. The molecule has 3 rings (SSSR count). The van der Waals surface area contributed by atoms with Crippen molar-refractivity contribution in [3.05, 3.63) is 58.5 Å². The molecule has 2 aromatic rings. The first kappa shape index (κ1) is 16.1. The molecule has 0 unspecified atom stereocenters. The number of ether oxygens (including phenoxy) is 1. The zero-order chi connectivity index (χ0) is 17.1. The minimum Gasteiger partial charge on any atom is -0.508 e. The quantitative estimate of drug-likeness (QED) is 0.838. The number of carbonyl (C=O) groups is 1. The zero-order valence-electron chi connectivity index (χ0n) is 13.2. The van der Waals surface area contributed by atoms with Crippen molar-refractivity contribution < 1.29 is 14.6 Å². The highest BCUT2D eigenvalue weighted by molar-refractivity contribution is 8.18. The molecule has 1 aliphatic heterocycles. The zero-order valence-corrected chi connectivity index (χ0v) is 14.1. The highest BCUT2D eigenvalue weighted by atomic mass is 32.2. The molecule has 1 heterocycles. The van der Waals surface area contributed by atoms with Gasteiger partial charge in [0.2, 0.25) is 0 Å². The predicted octanol–water partition coefficient (Wildman–Crippen LogP) is 3.60. The molecule has 6 heteroatoms. The lowest BCUT2D eigenvalue weighted by atomic mass is 10.2. The molecule has 0 bridgehead atoms. The number of hydrogen-bond donors (Lipinski definition) is 2. The Morgan fingerprint density at radius 2 is 2.08 bits per heavy atom. The van der Waals surface area contributed by atoms with Gasteiger partial charge >= 0.3 is 0 Å². The van der Waals surface area contributed by atoms with Crippen LogP contribution in [0.4, 0.5) is 5.69 Å². The smallest absolute Gasteiger partial charge is 0.264 e. The van der Waals surface area contributed by atoms with Crippen LogP contribution < -0.4 is 10.1 Å². The summed E-state index contributed by atoms with van der Waals surface area (Å²) in [5, 5.41) is 12.8. The number of hydrogen-bond acceptors (Lipinski definition) is 5. The van der Waals surface area contributed by atoms with E-state index in [1.54, 1.807) is 31.4 Å². The topological polar surface area (TPSA) is 70.9 Å². The Labute approximate surface area is 144 Å². The minimum atomic E-state index is -0.214. The van der Waals surface area contributed by atoms with Crippen molar-refractivity contribution in [1.29, 1.82) is 0 Å². The first-order chi connectivity index (χ1) is 11.5. The molecular weight excluding hydrogens is 324 g/mol. The maximum absolute atomic E-state index is 12.1. The van der Waals surface area contributed by atoms with Crippen molar-refractivity contribution in [2.75, 3.05) is 7.11 Å². The van der Waals surface area contributed by atoms with E-state index >= 15 is 0 Å². The van der Waals surface area contributed by atoms with E-state index in [0.717, 1.165) is 11.1 Å². The molecular formula is C18H16N2O3S. The Bertz CT molecular complexity index is 859. The van der Waals surface area contributed by atoms with Crippen LogP contribution in [-0.4, -0.2) is 23.3 Å². The first-order valence-electron chi connectivity index (χ1n) is 7.28. The van der Waals surface area contributed by atoms with Gasteiger partial charge in [0, 0.05) is 0 Å². The van der Waals surface area contributed by atoms with E-state index in [2.05, 4.69) is 10.3 Å². The predicted molar refractivity (Wildman–Crippen MR) is 96.6 cm³/mol. The number of aliphatic imine (C=N–C) groups is 1. The van der Waals surface area contributed by atoms with E-state index in [4.69, 9.17) is 4.74 Å². The summed E-state index contributed by atoms with van der Waals surface area (Å²) in [5.41, 5.74) is 2.47. The van der Waals surface area contributed by atoms with Gasteiger partial charge in [0.05, 0.1) is 12.0 Å². The second-order valence-electron chi connectivity index (χ2n) is 5.25. The summed E-state index contributed by atoms with van der Waals surface area (Å²) in [6, 6.07) is 12.4. The molecule has 2 N–H and O–H groups in total. The molecule has 0 atom stereocenters. The van der Waals surface area contributed by atoms with E-state index in [0.29, 0.717) is 21.5 Å². The SMILES string of the molecule is COc1ccc(C)cc1N=C1NC(=O)/C(=C/c2cccc(O)c2)S1. The van der Waals surface area contributed by atoms with Crippen LogP contribution in [0.3, 0.4) is 0 Å². The summed E-state index contributed by atoms with van der Waals surface area (Å²) in [6.45, 7) is 1.97. The van der Waals surface area contributed by atoms with Gasteiger partial charge in [-0.1, -0.05) is 18.2 Å². The van der Waals surface area contributed by atoms with Crippen LogP contribution in [0.25, 0.3) is 6.08 Å². The molecule has 24 heavy (non-hydrogen) atoms. The van der Waals surface area contributed by atoms with Crippen LogP contribution in [0.5, 0.6) is 11.5 Å². The monoisotopic (exact) mass is 340 g/mol. The third kappa shape index (κ3) is 3.60. The second kappa shape index (κ2) is 6.80. The number of carbonyl (C=O) groups excluding carboxylic acids is 1. The molecule has 2 aromatic carbocycles. The molecule has 1 aliphatic rings. The number of aromatic hydroxyl groups is 1. The number of phenolic OH excluding ortho intramolecular Hbond substituents is 1. The van der Waals surface area contributed by atoms with E-state index in [9.17, 15) is 9.90 Å². The summed E-state index contributed by atoms with van der Waals surface area (Å²) < 4.78 is 5.30. The van der Waals surface area contributed by atoms with E-state index < -0.39 is 0 Å². The number of benzene rings is 2. The third-order valence-corrected chi connectivity index (χ3v) is 4.29. The second-order valence-corrected chi connectivity index (χ2v) is 6.28. The summed E-state index contributed by atoms with van der Waals surface area (Å²) in [4.78, 5) is 17.1. The number of phenols is 1. The number of aryl methyl sites for hydroxylation is 1.